The Balaban J connectivity index is 2.15. The molecule has 1 unspecified atom stereocenters. The number of hydrogen-bond donors (Lipinski definition) is 1. The van der Waals surface area contributed by atoms with Crippen molar-refractivity contribution in [2.24, 2.45) is 0 Å². The van der Waals surface area contributed by atoms with Crippen molar-refractivity contribution < 1.29 is 5.11 Å². The van der Waals surface area contributed by atoms with Crippen molar-refractivity contribution in [1.29, 1.82) is 0 Å². The van der Waals surface area contributed by atoms with Crippen LogP contribution in [-0.4, -0.2) is 9.67 Å². The minimum atomic E-state index is -0.293. The number of benzene rings is 1. The Morgan fingerprint density at radius 3 is 3.00 bits per heavy atom. The highest BCUT2D eigenvalue weighted by atomic mass is 79.9. The third-order valence-corrected chi connectivity index (χ3v) is 4.31. The minimum Gasteiger partial charge on any atom is -0.388 e. The molecule has 94 valence electrons. The van der Waals surface area contributed by atoms with E-state index in [9.17, 15) is 5.11 Å². The molecule has 1 aliphatic carbocycles. The van der Waals surface area contributed by atoms with Crippen LogP contribution >= 0.6 is 15.9 Å². The van der Waals surface area contributed by atoms with Gasteiger partial charge < -0.3 is 9.67 Å². The molecule has 1 aromatic carbocycles. The quantitative estimate of drug-likeness (QED) is 0.849. The van der Waals surface area contributed by atoms with Gasteiger partial charge in [0.2, 0.25) is 0 Å². The van der Waals surface area contributed by atoms with Crippen LogP contribution in [0.4, 0.5) is 0 Å². The lowest BCUT2D eigenvalue weighted by Gasteiger charge is -2.20. The van der Waals surface area contributed by atoms with E-state index in [1.807, 2.05) is 6.07 Å². The predicted molar refractivity (Wildman–Crippen MR) is 76.1 cm³/mol. The Kier molecular flexibility index (Phi) is 3.04. The summed E-state index contributed by atoms with van der Waals surface area (Å²) in [5.41, 5.74) is 4.74. The zero-order valence-corrected chi connectivity index (χ0v) is 11.9. The molecule has 1 N–H and O–H groups in total. The van der Waals surface area contributed by atoms with Crippen molar-refractivity contribution in [2.75, 3.05) is 0 Å². The molecule has 0 saturated carbocycles. The second-order valence-electron chi connectivity index (χ2n) is 4.95. The van der Waals surface area contributed by atoms with Crippen LogP contribution in [0, 0.1) is 6.92 Å². The SMILES string of the molecule is Cc1ccc(Br)c(-n2ccc3c2CCCC3O)c1. The van der Waals surface area contributed by atoms with Gasteiger partial charge in [0.25, 0.3) is 0 Å². The first-order chi connectivity index (χ1) is 8.66. The van der Waals surface area contributed by atoms with Crippen LogP contribution in [0.2, 0.25) is 0 Å². The van der Waals surface area contributed by atoms with Crippen molar-refractivity contribution in [2.45, 2.75) is 32.3 Å². The standard InChI is InChI=1S/C15H16BrNO/c1-10-5-6-12(16)14(9-10)17-8-7-11-13(17)3-2-4-15(11)18/h5-9,15,18H,2-4H2,1H3. The molecule has 0 saturated heterocycles. The molecule has 1 heterocycles. The van der Waals surface area contributed by atoms with Gasteiger partial charge in [0.05, 0.1) is 11.8 Å². The van der Waals surface area contributed by atoms with Gasteiger partial charge in [-0.05, 0) is 65.9 Å². The summed E-state index contributed by atoms with van der Waals surface area (Å²) < 4.78 is 3.29. The van der Waals surface area contributed by atoms with Crippen LogP contribution in [0.25, 0.3) is 5.69 Å². The van der Waals surface area contributed by atoms with E-state index < -0.39 is 0 Å². The molecule has 3 rings (SSSR count). The lowest BCUT2D eigenvalue weighted by atomic mass is 9.95. The molecule has 1 aromatic heterocycles. The lowest BCUT2D eigenvalue weighted by molar-refractivity contribution is 0.156. The Hall–Kier alpha value is -1.06. The van der Waals surface area contributed by atoms with E-state index in [0.29, 0.717) is 0 Å². The molecule has 0 amide bonds. The maximum absolute atomic E-state index is 10.0. The molecule has 2 aromatic rings. The van der Waals surface area contributed by atoms with E-state index in [-0.39, 0.29) is 6.10 Å². The van der Waals surface area contributed by atoms with Crippen LogP contribution in [0.1, 0.15) is 35.8 Å². The summed E-state index contributed by atoms with van der Waals surface area (Å²) in [6.07, 6.45) is 4.75. The molecular formula is C15H16BrNO. The molecule has 0 bridgehead atoms. The lowest BCUT2D eigenvalue weighted by Crippen LogP contribution is -2.11. The third kappa shape index (κ3) is 1.91. The maximum atomic E-state index is 10.0. The second-order valence-corrected chi connectivity index (χ2v) is 5.81. The number of hydrogen-bond acceptors (Lipinski definition) is 1. The Labute approximate surface area is 115 Å². The largest absolute Gasteiger partial charge is 0.388 e. The average Bonchev–Trinajstić information content (AvgIpc) is 2.77. The van der Waals surface area contributed by atoms with Crippen molar-refractivity contribution in [3.8, 4) is 5.69 Å². The first-order valence-electron chi connectivity index (χ1n) is 6.31. The van der Waals surface area contributed by atoms with Gasteiger partial charge >= 0.3 is 0 Å². The Morgan fingerprint density at radius 1 is 1.33 bits per heavy atom. The summed E-state index contributed by atoms with van der Waals surface area (Å²) >= 11 is 3.61. The van der Waals surface area contributed by atoms with Gasteiger partial charge in [-0.1, -0.05) is 6.07 Å². The number of aryl methyl sites for hydroxylation is 1. The van der Waals surface area contributed by atoms with Crippen molar-refractivity contribution in [3.05, 3.63) is 51.8 Å². The molecule has 3 heteroatoms. The van der Waals surface area contributed by atoms with Crippen molar-refractivity contribution in [1.82, 2.24) is 4.57 Å². The third-order valence-electron chi connectivity index (χ3n) is 3.64. The molecule has 1 atom stereocenters. The highest BCUT2D eigenvalue weighted by Crippen LogP contribution is 2.33. The van der Waals surface area contributed by atoms with Gasteiger partial charge in [-0.25, -0.2) is 0 Å². The van der Waals surface area contributed by atoms with Gasteiger partial charge in [0.15, 0.2) is 0 Å². The summed E-state index contributed by atoms with van der Waals surface area (Å²) in [7, 11) is 0. The van der Waals surface area contributed by atoms with Gasteiger partial charge in [0, 0.05) is 21.9 Å². The van der Waals surface area contributed by atoms with E-state index in [0.717, 1.165) is 35.0 Å². The van der Waals surface area contributed by atoms with E-state index in [1.165, 1.54) is 11.3 Å². The number of rotatable bonds is 1. The molecule has 1 aliphatic rings. The molecule has 0 spiro atoms. The zero-order valence-electron chi connectivity index (χ0n) is 10.4. The van der Waals surface area contributed by atoms with Crippen LogP contribution in [0.15, 0.2) is 34.9 Å². The number of aliphatic hydroxyl groups excluding tert-OH is 1. The van der Waals surface area contributed by atoms with Crippen molar-refractivity contribution in [3.63, 3.8) is 0 Å². The molecule has 0 aliphatic heterocycles. The first kappa shape index (κ1) is 12.0. The Morgan fingerprint density at radius 2 is 2.17 bits per heavy atom. The Bertz CT molecular complexity index is 588. The van der Waals surface area contributed by atoms with Gasteiger partial charge in [-0.15, -0.1) is 0 Å². The summed E-state index contributed by atoms with van der Waals surface area (Å²) in [4.78, 5) is 0. The van der Waals surface area contributed by atoms with E-state index >= 15 is 0 Å². The number of aromatic nitrogens is 1. The number of halogens is 1. The van der Waals surface area contributed by atoms with Gasteiger partial charge in [0.1, 0.15) is 0 Å². The smallest absolute Gasteiger partial charge is 0.0807 e. The molecule has 0 fully saturated rings. The first-order valence-corrected chi connectivity index (χ1v) is 7.11. The highest BCUT2D eigenvalue weighted by molar-refractivity contribution is 9.10. The average molecular weight is 306 g/mol. The van der Waals surface area contributed by atoms with E-state index in [1.54, 1.807) is 0 Å². The fraction of sp³-hybridized carbons (Fsp3) is 0.333. The fourth-order valence-electron chi connectivity index (χ4n) is 2.70. The monoisotopic (exact) mass is 305 g/mol. The molecule has 0 radical (unpaired) electrons. The second kappa shape index (κ2) is 4.56. The van der Waals surface area contributed by atoms with Gasteiger partial charge in [-0.2, -0.15) is 0 Å². The van der Waals surface area contributed by atoms with Crippen LogP contribution < -0.4 is 0 Å². The van der Waals surface area contributed by atoms with Crippen LogP contribution in [0.3, 0.4) is 0 Å². The van der Waals surface area contributed by atoms with Crippen molar-refractivity contribution >= 4 is 15.9 Å². The highest BCUT2D eigenvalue weighted by Gasteiger charge is 2.22. The summed E-state index contributed by atoms with van der Waals surface area (Å²) in [6, 6.07) is 8.40. The fourth-order valence-corrected chi connectivity index (χ4v) is 3.14. The summed E-state index contributed by atoms with van der Waals surface area (Å²) in [6.45, 7) is 2.10. The normalized spacial score (nSPS) is 18.7. The molecular weight excluding hydrogens is 290 g/mol. The van der Waals surface area contributed by atoms with Crippen LogP contribution in [-0.2, 0) is 6.42 Å². The zero-order chi connectivity index (χ0) is 12.7. The predicted octanol–water partition coefficient (Wildman–Crippen LogP) is 3.92. The number of nitrogens with zero attached hydrogens (tertiary/aromatic N) is 1. The van der Waals surface area contributed by atoms with Crippen LogP contribution in [0.5, 0.6) is 0 Å². The number of aliphatic hydroxyl groups is 1. The van der Waals surface area contributed by atoms with E-state index in [2.05, 4.69) is 51.8 Å². The summed E-state index contributed by atoms with van der Waals surface area (Å²) in [5.74, 6) is 0. The number of fused-ring (bicyclic) bond motifs is 1. The molecule has 2 nitrogen and oxygen atoms in total. The molecule has 18 heavy (non-hydrogen) atoms. The minimum absolute atomic E-state index is 0.293. The summed E-state index contributed by atoms with van der Waals surface area (Å²) in [5, 5.41) is 10.0. The topological polar surface area (TPSA) is 25.2 Å². The van der Waals surface area contributed by atoms with E-state index in [4.69, 9.17) is 0 Å². The maximum Gasteiger partial charge on any atom is 0.0807 e. The van der Waals surface area contributed by atoms with Gasteiger partial charge in [-0.3, -0.25) is 0 Å².